The van der Waals surface area contributed by atoms with Crippen molar-refractivity contribution in [2.75, 3.05) is 42.5 Å². The van der Waals surface area contributed by atoms with Gasteiger partial charge in [0.05, 0.1) is 4.88 Å². The number of hydrogen-bond acceptors (Lipinski definition) is 6. The number of halogens is 1. The molecule has 1 atom stereocenters. The average molecular weight is 450 g/mol. The molecule has 2 saturated heterocycles. The van der Waals surface area contributed by atoms with Crippen molar-refractivity contribution in [2.24, 2.45) is 0 Å². The van der Waals surface area contributed by atoms with E-state index < -0.39 is 0 Å². The van der Waals surface area contributed by atoms with Crippen LogP contribution in [0.4, 0.5) is 11.6 Å². The van der Waals surface area contributed by atoms with E-state index in [0.717, 1.165) is 40.6 Å². The average Bonchev–Trinajstić information content (AvgIpc) is 3.14. The van der Waals surface area contributed by atoms with Crippen LogP contribution in [0.5, 0.6) is 0 Å². The molecule has 2 fully saturated rings. The molecule has 2 aliphatic rings. The van der Waals surface area contributed by atoms with Crippen molar-refractivity contribution in [3.8, 4) is 0 Å². The second-order valence-electron chi connectivity index (χ2n) is 7.20. The van der Waals surface area contributed by atoms with Gasteiger partial charge in [-0.2, -0.15) is 0 Å². The van der Waals surface area contributed by atoms with Crippen molar-refractivity contribution in [3.63, 3.8) is 0 Å². The maximum absolute atomic E-state index is 12.6. The van der Waals surface area contributed by atoms with Crippen LogP contribution in [0.25, 0.3) is 0 Å². The first-order valence-electron chi connectivity index (χ1n) is 9.50. The number of hydrogen-bond donors (Lipinski definition) is 0. The molecule has 0 bridgehead atoms. The second-order valence-corrected chi connectivity index (χ2v) is 9.02. The van der Waals surface area contributed by atoms with Crippen molar-refractivity contribution in [1.29, 1.82) is 0 Å². The van der Waals surface area contributed by atoms with Gasteiger partial charge in [0.2, 0.25) is 0 Å². The summed E-state index contributed by atoms with van der Waals surface area (Å²) >= 11 is 4.90. The van der Waals surface area contributed by atoms with Gasteiger partial charge in [0, 0.05) is 48.6 Å². The minimum Gasteiger partial charge on any atom is -0.352 e. The zero-order valence-electron chi connectivity index (χ0n) is 15.5. The molecule has 0 aromatic carbocycles. The van der Waals surface area contributed by atoms with Gasteiger partial charge < -0.3 is 14.7 Å². The van der Waals surface area contributed by atoms with Crippen LogP contribution in [0, 0.1) is 0 Å². The molecule has 27 heavy (non-hydrogen) atoms. The van der Waals surface area contributed by atoms with Crippen LogP contribution in [0.15, 0.2) is 28.1 Å². The first-order valence-corrected chi connectivity index (χ1v) is 11.2. The summed E-state index contributed by atoms with van der Waals surface area (Å²) in [5.41, 5.74) is 0. The van der Waals surface area contributed by atoms with Crippen LogP contribution >= 0.6 is 27.3 Å². The van der Waals surface area contributed by atoms with E-state index in [0.29, 0.717) is 19.1 Å². The highest BCUT2D eigenvalue weighted by atomic mass is 79.9. The summed E-state index contributed by atoms with van der Waals surface area (Å²) in [6, 6.07) is 6.58. The van der Waals surface area contributed by atoms with E-state index >= 15 is 0 Å². The van der Waals surface area contributed by atoms with E-state index in [1.54, 1.807) is 0 Å². The van der Waals surface area contributed by atoms with Crippen LogP contribution in [0.1, 0.15) is 35.9 Å². The molecule has 2 aliphatic heterocycles. The van der Waals surface area contributed by atoms with Crippen LogP contribution in [-0.4, -0.2) is 59.8 Å². The lowest BCUT2D eigenvalue weighted by Crippen LogP contribution is -2.49. The summed E-state index contributed by atoms with van der Waals surface area (Å²) in [5.74, 6) is 1.99. The zero-order chi connectivity index (χ0) is 18.8. The lowest BCUT2D eigenvalue weighted by molar-refractivity contribution is 0.0751. The summed E-state index contributed by atoms with van der Waals surface area (Å²) in [5, 5.41) is 10.9. The molecule has 8 heteroatoms. The summed E-state index contributed by atoms with van der Waals surface area (Å²) in [6.07, 6.45) is 3.75. The third kappa shape index (κ3) is 4.11. The Morgan fingerprint density at radius 1 is 1.11 bits per heavy atom. The molecule has 144 valence electrons. The Labute approximate surface area is 172 Å². The number of amides is 1. The van der Waals surface area contributed by atoms with Gasteiger partial charge >= 0.3 is 0 Å². The van der Waals surface area contributed by atoms with Gasteiger partial charge in [-0.15, -0.1) is 21.5 Å². The second kappa shape index (κ2) is 8.14. The van der Waals surface area contributed by atoms with Gasteiger partial charge in [0.15, 0.2) is 11.6 Å². The number of rotatable bonds is 3. The fourth-order valence-corrected chi connectivity index (χ4v) is 5.19. The number of aromatic nitrogens is 2. The van der Waals surface area contributed by atoms with Crippen LogP contribution < -0.4 is 9.80 Å². The number of piperazine rings is 1. The summed E-state index contributed by atoms with van der Waals surface area (Å²) in [4.78, 5) is 19.8. The van der Waals surface area contributed by atoms with E-state index in [1.165, 1.54) is 30.6 Å². The molecule has 0 N–H and O–H groups in total. The van der Waals surface area contributed by atoms with Crippen LogP contribution in [0.2, 0.25) is 0 Å². The quantitative estimate of drug-likeness (QED) is 0.715. The maximum atomic E-state index is 12.6. The number of nitrogens with zero attached hydrogens (tertiary/aromatic N) is 5. The third-order valence-electron chi connectivity index (χ3n) is 5.40. The lowest BCUT2D eigenvalue weighted by atomic mass is 10.0. The molecule has 2 aromatic heterocycles. The molecule has 0 spiro atoms. The van der Waals surface area contributed by atoms with Crippen molar-refractivity contribution >= 4 is 44.8 Å². The van der Waals surface area contributed by atoms with Crippen LogP contribution in [0.3, 0.4) is 0 Å². The molecule has 4 heterocycles. The van der Waals surface area contributed by atoms with Crippen LogP contribution in [-0.2, 0) is 0 Å². The fraction of sp³-hybridized carbons (Fsp3) is 0.526. The molecule has 1 unspecified atom stereocenters. The van der Waals surface area contributed by atoms with E-state index in [-0.39, 0.29) is 5.91 Å². The molecular weight excluding hydrogens is 426 g/mol. The Hall–Kier alpha value is -1.67. The van der Waals surface area contributed by atoms with E-state index in [1.807, 2.05) is 16.3 Å². The largest absolute Gasteiger partial charge is 0.352 e. The minimum atomic E-state index is 0.117. The van der Waals surface area contributed by atoms with E-state index in [2.05, 4.69) is 55.0 Å². The van der Waals surface area contributed by atoms with Crippen molar-refractivity contribution < 1.29 is 4.79 Å². The molecule has 1 amide bonds. The molecule has 2 aromatic rings. The first-order chi connectivity index (χ1) is 13.1. The Kier molecular flexibility index (Phi) is 5.63. The Morgan fingerprint density at radius 2 is 1.85 bits per heavy atom. The smallest absolute Gasteiger partial charge is 0.264 e. The number of piperidine rings is 1. The molecule has 0 radical (unpaired) electrons. The van der Waals surface area contributed by atoms with Gasteiger partial charge in [0.1, 0.15) is 0 Å². The van der Waals surface area contributed by atoms with E-state index in [9.17, 15) is 4.79 Å². The zero-order valence-corrected chi connectivity index (χ0v) is 17.9. The molecular formula is C19H24BrN5OS. The number of carbonyl (C=O) groups excluding carboxylic acids is 1. The highest BCUT2D eigenvalue weighted by Crippen LogP contribution is 2.25. The summed E-state index contributed by atoms with van der Waals surface area (Å²) in [7, 11) is 0. The topological polar surface area (TPSA) is 52.6 Å². The number of carbonyl (C=O) groups is 1. The van der Waals surface area contributed by atoms with Gasteiger partial charge in [-0.05, 0) is 60.3 Å². The third-order valence-corrected chi connectivity index (χ3v) is 7.08. The molecule has 4 rings (SSSR count). The lowest BCUT2D eigenvalue weighted by Gasteiger charge is -2.36. The van der Waals surface area contributed by atoms with E-state index in [4.69, 9.17) is 0 Å². The monoisotopic (exact) mass is 449 g/mol. The fourth-order valence-electron chi connectivity index (χ4n) is 3.80. The first kappa shape index (κ1) is 18.7. The molecule has 0 aliphatic carbocycles. The Bertz CT molecular complexity index is 788. The van der Waals surface area contributed by atoms with Gasteiger partial charge in [-0.3, -0.25) is 4.79 Å². The van der Waals surface area contributed by atoms with Gasteiger partial charge in [-0.1, -0.05) is 0 Å². The van der Waals surface area contributed by atoms with Crippen molar-refractivity contribution in [2.45, 2.75) is 32.2 Å². The standard InChI is InChI=1S/C19H24BrN5OS/c1-14-4-2-3-7-25(14)18-6-5-17(21-22-18)23-8-10-24(11-9-23)19(26)16-12-15(20)13-27-16/h5-6,12-14H,2-4,7-11H2,1H3. The SMILES string of the molecule is CC1CCCCN1c1ccc(N2CCN(C(=O)c3cc(Br)cs3)CC2)nn1. The molecule has 0 saturated carbocycles. The van der Waals surface area contributed by atoms with Crippen molar-refractivity contribution in [3.05, 3.63) is 32.9 Å². The number of thiophene rings is 1. The van der Waals surface area contributed by atoms with Gasteiger partial charge in [0.25, 0.3) is 5.91 Å². The Morgan fingerprint density at radius 3 is 2.48 bits per heavy atom. The molecule has 6 nitrogen and oxygen atoms in total. The highest BCUT2D eigenvalue weighted by molar-refractivity contribution is 9.10. The van der Waals surface area contributed by atoms with Crippen molar-refractivity contribution in [1.82, 2.24) is 15.1 Å². The summed E-state index contributed by atoms with van der Waals surface area (Å²) in [6.45, 7) is 6.31. The predicted molar refractivity (Wildman–Crippen MR) is 113 cm³/mol. The Balaban J connectivity index is 1.36. The predicted octanol–water partition coefficient (Wildman–Crippen LogP) is 3.64. The normalized spacial score (nSPS) is 20.8. The number of anilines is 2. The maximum Gasteiger partial charge on any atom is 0.264 e. The summed E-state index contributed by atoms with van der Waals surface area (Å²) < 4.78 is 0.966. The highest BCUT2D eigenvalue weighted by Gasteiger charge is 2.25. The minimum absolute atomic E-state index is 0.117. The van der Waals surface area contributed by atoms with Gasteiger partial charge in [-0.25, -0.2) is 0 Å².